The molecule has 1 heterocycles. The summed E-state index contributed by atoms with van der Waals surface area (Å²) in [6.45, 7) is 0.872. The number of hydrogen-bond acceptors (Lipinski definition) is 4. The Kier molecular flexibility index (Phi) is 6.04. The maximum absolute atomic E-state index is 13.9. The Morgan fingerprint density at radius 1 is 1.48 bits per heavy atom. The Bertz CT molecular complexity index is 541. The average molecular weight is 318 g/mol. The van der Waals surface area contributed by atoms with Crippen molar-refractivity contribution in [1.82, 2.24) is 4.90 Å². The molecule has 1 aromatic rings. The molecule has 0 bridgehead atoms. The number of carbonyl (C=O) groups excluding carboxylic acids is 1. The molecule has 1 saturated heterocycles. The van der Waals surface area contributed by atoms with E-state index in [9.17, 15) is 19.3 Å². The van der Waals surface area contributed by atoms with Crippen LogP contribution < -0.4 is 5.73 Å². The summed E-state index contributed by atoms with van der Waals surface area (Å²) in [5, 5.41) is 10.6. The molecule has 1 unspecified atom stereocenters. The number of hydrogen-bond donors (Lipinski definition) is 1. The predicted molar refractivity (Wildman–Crippen MR) is 78.0 cm³/mol. The number of halogens is 2. The van der Waals surface area contributed by atoms with Crippen molar-refractivity contribution in [2.45, 2.75) is 25.3 Å². The third-order valence-electron chi connectivity index (χ3n) is 3.55. The van der Waals surface area contributed by atoms with Crippen molar-refractivity contribution >= 4 is 24.0 Å². The molecule has 2 N–H and O–H groups in total. The average Bonchev–Trinajstić information content (AvgIpc) is 2.46. The number of nitro groups is 1. The molecule has 1 aromatic carbocycles. The van der Waals surface area contributed by atoms with Crippen molar-refractivity contribution in [2.75, 3.05) is 13.1 Å². The molecule has 2 rings (SSSR count). The quantitative estimate of drug-likeness (QED) is 0.683. The zero-order valence-electron chi connectivity index (χ0n) is 11.3. The maximum Gasteiger partial charge on any atom is 0.272 e. The first-order valence-corrected chi connectivity index (χ1v) is 6.49. The number of carbonyl (C=O) groups is 1. The lowest BCUT2D eigenvalue weighted by Gasteiger charge is -2.35. The lowest BCUT2D eigenvalue weighted by molar-refractivity contribution is -0.385. The molecule has 0 radical (unpaired) electrons. The minimum atomic E-state index is -0.870. The number of benzene rings is 1. The predicted octanol–water partition coefficient (Wildman–Crippen LogP) is 2.11. The second kappa shape index (κ2) is 7.33. The second-order valence-corrected chi connectivity index (χ2v) is 4.81. The molecule has 21 heavy (non-hydrogen) atoms. The summed E-state index contributed by atoms with van der Waals surface area (Å²) < 4.78 is 13.9. The van der Waals surface area contributed by atoms with Gasteiger partial charge in [-0.2, -0.15) is 0 Å². The van der Waals surface area contributed by atoms with E-state index in [1.54, 1.807) is 4.90 Å². The van der Waals surface area contributed by atoms with Crippen LogP contribution in [-0.4, -0.2) is 34.9 Å². The van der Waals surface area contributed by atoms with Crippen molar-refractivity contribution in [2.24, 2.45) is 5.73 Å². The molecule has 1 aliphatic heterocycles. The van der Waals surface area contributed by atoms with Gasteiger partial charge in [0.25, 0.3) is 11.6 Å². The molecule has 116 valence electrons. The summed E-state index contributed by atoms with van der Waals surface area (Å²) in [5.41, 5.74) is 5.12. The highest BCUT2D eigenvalue weighted by Crippen LogP contribution is 2.22. The Balaban J connectivity index is 0.00000220. The number of piperidine rings is 1. The summed E-state index contributed by atoms with van der Waals surface area (Å²) >= 11 is 0. The first-order chi connectivity index (χ1) is 9.54. The van der Waals surface area contributed by atoms with Gasteiger partial charge in [-0.05, 0) is 25.3 Å². The molecule has 1 amide bonds. The minimum absolute atomic E-state index is 0. The number of nitrogens with two attached hydrogens (primary N) is 1. The van der Waals surface area contributed by atoms with Crippen LogP contribution in [0.25, 0.3) is 0 Å². The first kappa shape index (κ1) is 17.3. The lowest BCUT2D eigenvalue weighted by atomic mass is 10.0. The fourth-order valence-electron chi connectivity index (χ4n) is 2.46. The van der Waals surface area contributed by atoms with Gasteiger partial charge in [-0.15, -0.1) is 12.4 Å². The number of amides is 1. The van der Waals surface area contributed by atoms with Crippen molar-refractivity contribution in [3.63, 3.8) is 0 Å². The van der Waals surface area contributed by atoms with E-state index in [1.807, 2.05) is 0 Å². The second-order valence-electron chi connectivity index (χ2n) is 4.81. The van der Waals surface area contributed by atoms with E-state index in [1.165, 1.54) is 0 Å². The summed E-state index contributed by atoms with van der Waals surface area (Å²) in [5.74, 6) is -1.32. The molecule has 8 heteroatoms. The van der Waals surface area contributed by atoms with Gasteiger partial charge in [0.2, 0.25) is 0 Å². The van der Waals surface area contributed by atoms with Crippen LogP contribution in [0.5, 0.6) is 0 Å². The van der Waals surface area contributed by atoms with Gasteiger partial charge < -0.3 is 10.6 Å². The fraction of sp³-hybridized carbons (Fsp3) is 0.462. The van der Waals surface area contributed by atoms with Gasteiger partial charge in [0.05, 0.1) is 16.6 Å². The van der Waals surface area contributed by atoms with Crippen LogP contribution >= 0.6 is 12.4 Å². The third kappa shape index (κ3) is 3.68. The van der Waals surface area contributed by atoms with E-state index in [0.29, 0.717) is 13.1 Å². The summed E-state index contributed by atoms with van der Waals surface area (Å²) in [6, 6.07) is 2.98. The normalized spacial score (nSPS) is 18.0. The van der Waals surface area contributed by atoms with Crippen LogP contribution in [0.15, 0.2) is 18.2 Å². The molecule has 1 aliphatic rings. The van der Waals surface area contributed by atoms with Gasteiger partial charge in [-0.25, -0.2) is 4.39 Å². The van der Waals surface area contributed by atoms with E-state index >= 15 is 0 Å². The zero-order chi connectivity index (χ0) is 14.7. The van der Waals surface area contributed by atoms with Gasteiger partial charge in [-0.3, -0.25) is 14.9 Å². The largest absolute Gasteiger partial charge is 0.334 e. The van der Waals surface area contributed by atoms with Crippen molar-refractivity contribution in [3.8, 4) is 0 Å². The maximum atomic E-state index is 13.9. The molecular formula is C13H17ClFN3O3. The molecule has 1 atom stereocenters. The van der Waals surface area contributed by atoms with Crippen LogP contribution in [0, 0.1) is 15.9 Å². The molecule has 0 aromatic heterocycles. The van der Waals surface area contributed by atoms with E-state index in [0.717, 1.165) is 37.5 Å². The Morgan fingerprint density at radius 2 is 2.19 bits per heavy atom. The van der Waals surface area contributed by atoms with Gasteiger partial charge in [-0.1, -0.05) is 0 Å². The SMILES string of the molecule is Cl.NCC1CCCCN1C(=O)c1ccc([N+](=O)[O-])cc1F. The Hall–Kier alpha value is -1.73. The van der Waals surface area contributed by atoms with Crippen molar-refractivity contribution in [1.29, 1.82) is 0 Å². The number of nitro benzene ring substituents is 1. The Labute approximate surface area is 127 Å². The van der Waals surface area contributed by atoms with Gasteiger partial charge in [0.15, 0.2) is 0 Å². The highest BCUT2D eigenvalue weighted by atomic mass is 35.5. The van der Waals surface area contributed by atoms with E-state index in [-0.39, 0.29) is 29.7 Å². The van der Waals surface area contributed by atoms with E-state index < -0.39 is 16.6 Å². The van der Waals surface area contributed by atoms with Gasteiger partial charge in [0.1, 0.15) is 5.82 Å². The van der Waals surface area contributed by atoms with Crippen LogP contribution in [0.2, 0.25) is 0 Å². The van der Waals surface area contributed by atoms with Crippen LogP contribution in [0.1, 0.15) is 29.6 Å². The Morgan fingerprint density at radius 3 is 2.76 bits per heavy atom. The lowest BCUT2D eigenvalue weighted by Crippen LogP contribution is -2.47. The van der Waals surface area contributed by atoms with E-state index in [4.69, 9.17) is 5.73 Å². The molecule has 0 aliphatic carbocycles. The number of nitrogens with zero attached hydrogens (tertiary/aromatic N) is 2. The number of rotatable bonds is 3. The van der Waals surface area contributed by atoms with Crippen LogP contribution in [0.4, 0.5) is 10.1 Å². The zero-order valence-corrected chi connectivity index (χ0v) is 12.1. The summed E-state index contributed by atoms with van der Waals surface area (Å²) in [7, 11) is 0. The molecule has 1 fully saturated rings. The summed E-state index contributed by atoms with van der Waals surface area (Å²) in [6.07, 6.45) is 2.65. The smallest absolute Gasteiger partial charge is 0.272 e. The third-order valence-corrected chi connectivity index (χ3v) is 3.55. The summed E-state index contributed by atoms with van der Waals surface area (Å²) in [4.78, 5) is 23.8. The van der Waals surface area contributed by atoms with E-state index in [2.05, 4.69) is 0 Å². The first-order valence-electron chi connectivity index (χ1n) is 6.49. The molecular weight excluding hydrogens is 301 g/mol. The highest BCUT2D eigenvalue weighted by Gasteiger charge is 2.28. The number of non-ortho nitro benzene ring substituents is 1. The standard InChI is InChI=1S/C13H16FN3O3.ClH/c14-12-7-9(17(19)20)4-5-11(12)13(18)16-6-2-1-3-10(16)8-15;/h4-5,7,10H,1-3,6,8,15H2;1H. The molecule has 6 nitrogen and oxygen atoms in total. The van der Waals surface area contributed by atoms with Crippen LogP contribution in [0.3, 0.4) is 0 Å². The molecule has 0 saturated carbocycles. The fourth-order valence-corrected chi connectivity index (χ4v) is 2.46. The van der Waals surface area contributed by atoms with Crippen molar-refractivity contribution in [3.05, 3.63) is 39.7 Å². The highest BCUT2D eigenvalue weighted by molar-refractivity contribution is 5.95. The topological polar surface area (TPSA) is 89.5 Å². The van der Waals surface area contributed by atoms with Gasteiger partial charge in [0, 0.05) is 25.2 Å². The van der Waals surface area contributed by atoms with Gasteiger partial charge >= 0.3 is 0 Å². The monoisotopic (exact) mass is 317 g/mol. The minimum Gasteiger partial charge on any atom is -0.334 e. The molecule has 0 spiro atoms. The number of likely N-dealkylation sites (tertiary alicyclic amines) is 1. The van der Waals surface area contributed by atoms with Crippen molar-refractivity contribution < 1.29 is 14.1 Å². The van der Waals surface area contributed by atoms with Crippen LogP contribution in [-0.2, 0) is 0 Å².